The first-order valence-corrected chi connectivity index (χ1v) is 15.7. The van der Waals surface area contributed by atoms with Crippen molar-refractivity contribution in [1.82, 2.24) is 0 Å². The van der Waals surface area contributed by atoms with Crippen LogP contribution in [0, 0.1) is 24.7 Å². The van der Waals surface area contributed by atoms with Gasteiger partial charge in [0.2, 0.25) is 0 Å². The van der Waals surface area contributed by atoms with Gasteiger partial charge in [-0.15, -0.1) is 35.5 Å². The van der Waals surface area contributed by atoms with Crippen molar-refractivity contribution < 1.29 is 49.0 Å². The van der Waals surface area contributed by atoms with E-state index in [4.69, 9.17) is 0 Å². The van der Waals surface area contributed by atoms with Crippen LogP contribution < -0.4 is 24.8 Å². The van der Waals surface area contributed by atoms with Crippen molar-refractivity contribution in [3.05, 3.63) is 168 Å². The predicted octanol–water partition coefficient (Wildman–Crippen LogP) is 4.23. The molecule has 0 heterocycles. The maximum atomic E-state index is 2.40. The Morgan fingerprint density at radius 1 is 0.571 bits per heavy atom. The average Bonchev–Trinajstić information content (AvgIpc) is 3.45. The minimum atomic E-state index is 0. The molecular weight excluding hydrogens is 631 g/mol. The van der Waals surface area contributed by atoms with Crippen molar-refractivity contribution in [2.75, 3.05) is 0 Å². The quantitative estimate of drug-likeness (QED) is 0.428. The zero-order valence-corrected chi connectivity index (χ0v) is 29.0. The van der Waals surface area contributed by atoms with Crippen LogP contribution in [0.5, 0.6) is 0 Å². The van der Waals surface area contributed by atoms with Crippen LogP contribution in [0.4, 0.5) is 0 Å². The Labute approximate surface area is 281 Å². The Balaban J connectivity index is 0.000000250. The first-order chi connectivity index (χ1) is 19.5. The fraction of sp³-hybridized carbons (Fsp3) is 0.205. The molecule has 2 atom stereocenters. The van der Waals surface area contributed by atoms with E-state index in [0.717, 1.165) is 0 Å². The topological polar surface area (TPSA) is 0 Å². The summed E-state index contributed by atoms with van der Waals surface area (Å²) in [5.41, 5.74) is 10.8. The number of fused-ring (bicyclic) bond motifs is 2. The Bertz CT molecular complexity index is 1320. The largest absolute Gasteiger partial charge is 1.00 e. The molecule has 4 aliphatic carbocycles. The molecular formula is C39H40Cl2Zr-2. The second kappa shape index (κ2) is 18.2. The van der Waals surface area contributed by atoms with E-state index >= 15 is 0 Å². The van der Waals surface area contributed by atoms with Crippen LogP contribution in [0.2, 0.25) is 0 Å². The molecule has 0 nitrogen and oxygen atoms in total. The molecule has 6 rings (SSSR count). The molecule has 2 unspecified atom stereocenters. The monoisotopic (exact) mass is 668 g/mol. The molecule has 42 heavy (non-hydrogen) atoms. The van der Waals surface area contributed by atoms with Gasteiger partial charge in [0.05, 0.1) is 0 Å². The van der Waals surface area contributed by atoms with Gasteiger partial charge in [0, 0.05) is 0 Å². The molecule has 0 saturated carbocycles. The predicted molar refractivity (Wildman–Crippen MR) is 172 cm³/mol. The van der Waals surface area contributed by atoms with Crippen LogP contribution in [0.3, 0.4) is 0 Å². The molecule has 0 fully saturated rings. The van der Waals surface area contributed by atoms with Crippen LogP contribution in [0.15, 0.2) is 144 Å². The Hall–Kier alpha value is -2.57. The maximum absolute atomic E-state index is 2.40. The van der Waals surface area contributed by atoms with E-state index in [2.05, 4.69) is 162 Å². The van der Waals surface area contributed by atoms with Gasteiger partial charge in [-0.05, 0) is 11.1 Å². The summed E-state index contributed by atoms with van der Waals surface area (Å²) in [6, 6.07) is 21.3. The molecule has 2 aromatic rings. The van der Waals surface area contributed by atoms with Gasteiger partial charge in [-0.2, -0.15) is 36.1 Å². The molecule has 0 saturated heterocycles. The number of halogens is 2. The smallest absolute Gasteiger partial charge is 1.00 e. The molecule has 2 aromatic carbocycles. The fourth-order valence-electron chi connectivity index (χ4n) is 5.15. The SMILES string of the molecule is CCC1C=C2C(=CC=CC=C2c2ccccc2)[CH-]1.CCC1C=C2C(=CC=CC=C2c2ccccc2)[CH-]1.C[C](C)=[Zr+2].[Cl-].[Cl-]. The summed E-state index contributed by atoms with van der Waals surface area (Å²) >= 11 is 1.55. The standard InChI is InChI=1S/2C18H17.C3H6.2ClH.Zr/c2*1-2-14-12-16-10-6-7-11-17(18(16)13-14)15-8-4-3-5-9-15;1-3-2;;;/h2*3-14H,2H2,1H3;1-2H3;2*1H;/q2*-1;;;;+2/p-2. The van der Waals surface area contributed by atoms with Crippen molar-refractivity contribution in [3.63, 3.8) is 0 Å². The molecule has 3 heteroatoms. The minimum absolute atomic E-state index is 0. The van der Waals surface area contributed by atoms with Gasteiger partial charge in [0.25, 0.3) is 0 Å². The van der Waals surface area contributed by atoms with Crippen LogP contribution in [-0.2, 0) is 24.2 Å². The molecule has 0 bridgehead atoms. The number of hydrogen-bond donors (Lipinski definition) is 0. The van der Waals surface area contributed by atoms with E-state index in [9.17, 15) is 0 Å². The first kappa shape index (κ1) is 35.6. The molecule has 0 aromatic heterocycles. The van der Waals surface area contributed by atoms with Crippen LogP contribution in [-0.4, -0.2) is 3.21 Å². The summed E-state index contributed by atoms with van der Waals surface area (Å²) in [6.45, 7) is 8.73. The number of rotatable bonds is 4. The van der Waals surface area contributed by atoms with Crippen LogP contribution in [0.25, 0.3) is 11.1 Å². The zero-order chi connectivity index (χ0) is 28.3. The molecule has 0 radical (unpaired) electrons. The maximum Gasteiger partial charge on any atom is -1.00 e. The molecule has 0 spiro atoms. The van der Waals surface area contributed by atoms with E-state index in [1.54, 1.807) is 24.2 Å². The van der Waals surface area contributed by atoms with Gasteiger partial charge < -0.3 is 24.8 Å². The third kappa shape index (κ3) is 9.74. The van der Waals surface area contributed by atoms with Crippen molar-refractivity contribution in [1.29, 1.82) is 0 Å². The summed E-state index contributed by atoms with van der Waals surface area (Å²) in [7, 11) is 0. The Morgan fingerprint density at radius 3 is 1.24 bits per heavy atom. The third-order valence-corrected chi connectivity index (χ3v) is 7.16. The van der Waals surface area contributed by atoms with Crippen molar-refractivity contribution in [2.24, 2.45) is 11.8 Å². The second-order valence-electron chi connectivity index (χ2n) is 10.5. The normalized spacial score (nSPS) is 19.0. The summed E-state index contributed by atoms with van der Waals surface area (Å²) in [6.07, 6.45) is 29.3. The van der Waals surface area contributed by atoms with Crippen molar-refractivity contribution in [2.45, 2.75) is 40.5 Å². The van der Waals surface area contributed by atoms with E-state index in [1.165, 1.54) is 60.6 Å². The number of hydrogen-bond acceptors (Lipinski definition) is 0. The van der Waals surface area contributed by atoms with Gasteiger partial charge in [-0.1, -0.05) is 135 Å². The van der Waals surface area contributed by atoms with Gasteiger partial charge in [0.1, 0.15) is 0 Å². The van der Waals surface area contributed by atoms with E-state index in [1.807, 2.05) is 0 Å². The Morgan fingerprint density at radius 2 is 0.905 bits per heavy atom. The molecule has 0 amide bonds. The molecule has 216 valence electrons. The van der Waals surface area contributed by atoms with E-state index in [0.29, 0.717) is 11.8 Å². The van der Waals surface area contributed by atoms with Gasteiger partial charge in [0.15, 0.2) is 0 Å². The second-order valence-corrected chi connectivity index (χ2v) is 13.0. The van der Waals surface area contributed by atoms with E-state index < -0.39 is 0 Å². The van der Waals surface area contributed by atoms with Crippen LogP contribution >= 0.6 is 0 Å². The molecule has 0 N–H and O–H groups in total. The minimum Gasteiger partial charge on any atom is -1.00 e. The van der Waals surface area contributed by atoms with Gasteiger partial charge in [-0.25, -0.2) is 0 Å². The number of allylic oxidation sites excluding steroid dienone is 16. The summed E-state index contributed by atoms with van der Waals surface area (Å²) < 4.78 is 1.51. The fourth-order valence-corrected chi connectivity index (χ4v) is 5.15. The zero-order valence-electron chi connectivity index (χ0n) is 25.0. The molecule has 0 aliphatic heterocycles. The molecule has 4 aliphatic rings. The summed E-state index contributed by atoms with van der Waals surface area (Å²) in [4.78, 5) is 0. The Kier molecular flexibility index (Phi) is 15.4. The average molecular weight is 671 g/mol. The van der Waals surface area contributed by atoms with E-state index in [-0.39, 0.29) is 24.8 Å². The van der Waals surface area contributed by atoms with Crippen LogP contribution in [0.1, 0.15) is 51.7 Å². The van der Waals surface area contributed by atoms with Gasteiger partial charge in [-0.3, -0.25) is 0 Å². The number of benzene rings is 2. The van der Waals surface area contributed by atoms with Gasteiger partial charge >= 0.3 is 41.3 Å². The van der Waals surface area contributed by atoms with Crippen molar-refractivity contribution >= 4 is 14.4 Å². The summed E-state index contributed by atoms with van der Waals surface area (Å²) in [5, 5.41) is 0. The first-order valence-electron chi connectivity index (χ1n) is 14.4. The summed E-state index contributed by atoms with van der Waals surface area (Å²) in [5.74, 6) is 1.18. The third-order valence-electron chi connectivity index (χ3n) is 7.16. The van der Waals surface area contributed by atoms with Crippen molar-refractivity contribution in [3.8, 4) is 0 Å².